The molecule has 2 aromatic rings. The molecule has 1 aromatic heterocycles. The Balaban J connectivity index is 1.63. The van der Waals surface area contributed by atoms with E-state index in [1.807, 2.05) is 19.1 Å². The van der Waals surface area contributed by atoms with Crippen LogP contribution in [0.3, 0.4) is 0 Å². The van der Waals surface area contributed by atoms with E-state index in [0.717, 1.165) is 12.0 Å². The highest BCUT2D eigenvalue weighted by atomic mass is 35.5. The van der Waals surface area contributed by atoms with Crippen molar-refractivity contribution in [2.24, 2.45) is 11.8 Å². The summed E-state index contributed by atoms with van der Waals surface area (Å²) in [6.45, 7) is 2.03. The van der Waals surface area contributed by atoms with E-state index in [9.17, 15) is 4.79 Å². The van der Waals surface area contributed by atoms with Crippen LogP contribution in [0.1, 0.15) is 19.2 Å². The zero-order valence-electron chi connectivity index (χ0n) is 10.9. The minimum absolute atomic E-state index is 0.00954. The average Bonchev–Trinajstić information content (AvgIpc) is 2.99. The summed E-state index contributed by atoms with van der Waals surface area (Å²) in [5.41, 5.74) is 0.759. The molecule has 1 heterocycles. The van der Waals surface area contributed by atoms with Crippen molar-refractivity contribution >= 4 is 17.6 Å². The predicted molar refractivity (Wildman–Crippen MR) is 71.8 cm³/mol. The Morgan fingerprint density at radius 3 is 3.05 bits per heavy atom. The first kappa shape index (κ1) is 13.1. The lowest BCUT2D eigenvalue weighted by Gasteiger charge is -1.99. The summed E-state index contributed by atoms with van der Waals surface area (Å²) in [6, 6.07) is 7.15. The Morgan fingerprint density at radius 2 is 2.35 bits per heavy atom. The Morgan fingerprint density at radius 1 is 1.55 bits per heavy atom. The molecule has 0 aliphatic heterocycles. The summed E-state index contributed by atoms with van der Waals surface area (Å²) in [5, 5.41) is 4.44. The summed E-state index contributed by atoms with van der Waals surface area (Å²) < 4.78 is 10.2. The van der Waals surface area contributed by atoms with E-state index < -0.39 is 0 Å². The summed E-state index contributed by atoms with van der Waals surface area (Å²) >= 11 is 5.90. The number of rotatable bonds is 4. The largest absolute Gasteiger partial charge is 0.455 e. The Bertz CT molecular complexity index is 641. The smallest absolute Gasteiger partial charge is 0.309 e. The average molecular weight is 293 g/mol. The van der Waals surface area contributed by atoms with Crippen LogP contribution >= 0.6 is 11.6 Å². The molecule has 0 radical (unpaired) electrons. The van der Waals surface area contributed by atoms with Crippen LogP contribution < -0.4 is 0 Å². The second-order valence-corrected chi connectivity index (χ2v) is 5.39. The second-order valence-electron chi connectivity index (χ2n) is 4.95. The number of esters is 1. The minimum Gasteiger partial charge on any atom is -0.455 e. The van der Waals surface area contributed by atoms with Crippen LogP contribution in [-0.2, 0) is 16.1 Å². The van der Waals surface area contributed by atoms with Crippen molar-refractivity contribution in [2.75, 3.05) is 0 Å². The maximum absolute atomic E-state index is 11.6. The first-order valence-electron chi connectivity index (χ1n) is 6.38. The molecule has 6 heteroatoms. The number of nitrogens with zero attached hydrogens (tertiary/aromatic N) is 2. The molecule has 5 nitrogen and oxygen atoms in total. The number of carbonyl (C=O) groups excluding carboxylic acids is 1. The number of benzene rings is 1. The Labute approximate surface area is 120 Å². The van der Waals surface area contributed by atoms with Gasteiger partial charge in [-0.25, -0.2) is 0 Å². The molecular formula is C14H13ClN2O3. The van der Waals surface area contributed by atoms with Gasteiger partial charge in [0.25, 0.3) is 5.89 Å². The zero-order chi connectivity index (χ0) is 14.1. The third-order valence-electron chi connectivity index (χ3n) is 3.30. The van der Waals surface area contributed by atoms with Crippen molar-refractivity contribution in [3.63, 3.8) is 0 Å². The summed E-state index contributed by atoms with van der Waals surface area (Å²) in [5.74, 6) is 0.970. The predicted octanol–water partition coefficient (Wildman–Crippen LogP) is 3.09. The van der Waals surface area contributed by atoms with E-state index in [1.165, 1.54) is 0 Å². The van der Waals surface area contributed by atoms with Gasteiger partial charge in [0.15, 0.2) is 6.61 Å². The van der Waals surface area contributed by atoms with Gasteiger partial charge in [-0.3, -0.25) is 4.79 Å². The molecule has 1 aliphatic rings. The monoisotopic (exact) mass is 292 g/mol. The number of ether oxygens (including phenoxy) is 1. The molecule has 1 fully saturated rings. The molecule has 0 amide bonds. The fraction of sp³-hybridized carbons (Fsp3) is 0.357. The van der Waals surface area contributed by atoms with E-state index >= 15 is 0 Å². The van der Waals surface area contributed by atoms with Gasteiger partial charge < -0.3 is 9.26 Å². The third-order valence-corrected chi connectivity index (χ3v) is 3.54. The van der Waals surface area contributed by atoms with Gasteiger partial charge in [0.2, 0.25) is 5.82 Å². The van der Waals surface area contributed by atoms with E-state index in [0.29, 0.717) is 16.8 Å². The van der Waals surface area contributed by atoms with Gasteiger partial charge in [-0.2, -0.15) is 4.98 Å². The first-order chi connectivity index (χ1) is 9.63. The molecule has 1 saturated carbocycles. The van der Waals surface area contributed by atoms with Crippen LogP contribution in [-0.4, -0.2) is 16.1 Å². The van der Waals surface area contributed by atoms with Crippen LogP contribution in [0.15, 0.2) is 28.8 Å². The number of hydrogen-bond donors (Lipinski definition) is 0. The van der Waals surface area contributed by atoms with Crippen LogP contribution in [0.25, 0.3) is 11.4 Å². The Hall–Kier alpha value is -1.88. The molecule has 3 rings (SSSR count). The van der Waals surface area contributed by atoms with Gasteiger partial charge in [-0.15, -0.1) is 0 Å². The molecule has 0 unspecified atom stereocenters. The van der Waals surface area contributed by atoms with Crippen LogP contribution in [0.4, 0.5) is 0 Å². The second kappa shape index (κ2) is 5.25. The fourth-order valence-corrected chi connectivity index (χ4v) is 2.14. The highest BCUT2D eigenvalue weighted by molar-refractivity contribution is 6.30. The van der Waals surface area contributed by atoms with Gasteiger partial charge in [0.1, 0.15) is 0 Å². The van der Waals surface area contributed by atoms with Crippen LogP contribution in [0.5, 0.6) is 0 Å². The number of carbonyl (C=O) groups is 1. The number of hydrogen-bond acceptors (Lipinski definition) is 5. The summed E-state index contributed by atoms with van der Waals surface area (Å²) in [4.78, 5) is 15.8. The molecule has 1 aromatic carbocycles. The summed E-state index contributed by atoms with van der Waals surface area (Å²) in [6.07, 6.45) is 0.899. The lowest BCUT2D eigenvalue weighted by molar-refractivity contribution is -0.147. The first-order valence-corrected chi connectivity index (χ1v) is 6.76. The molecule has 20 heavy (non-hydrogen) atoms. The van der Waals surface area contributed by atoms with E-state index in [-0.39, 0.29) is 24.4 Å². The van der Waals surface area contributed by atoms with Gasteiger partial charge in [-0.1, -0.05) is 35.8 Å². The molecule has 1 aliphatic carbocycles. The highest BCUT2D eigenvalue weighted by Gasteiger charge is 2.40. The van der Waals surface area contributed by atoms with Crippen LogP contribution in [0.2, 0.25) is 5.02 Å². The number of aromatic nitrogens is 2. The third kappa shape index (κ3) is 2.82. The molecular weight excluding hydrogens is 280 g/mol. The van der Waals surface area contributed by atoms with Crippen molar-refractivity contribution in [1.29, 1.82) is 0 Å². The zero-order valence-corrected chi connectivity index (χ0v) is 11.6. The van der Waals surface area contributed by atoms with Crippen molar-refractivity contribution in [3.05, 3.63) is 35.2 Å². The summed E-state index contributed by atoms with van der Waals surface area (Å²) in [7, 11) is 0. The quantitative estimate of drug-likeness (QED) is 0.810. The molecule has 104 valence electrons. The number of halogens is 1. The molecule has 0 bridgehead atoms. The van der Waals surface area contributed by atoms with Gasteiger partial charge >= 0.3 is 5.97 Å². The fourth-order valence-electron chi connectivity index (χ4n) is 1.95. The van der Waals surface area contributed by atoms with Crippen molar-refractivity contribution in [3.8, 4) is 11.4 Å². The minimum atomic E-state index is -0.194. The maximum Gasteiger partial charge on any atom is 0.309 e. The van der Waals surface area contributed by atoms with E-state index in [2.05, 4.69) is 10.1 Å². The topological polar surface area (TPSA) is 65.2 Å². The van der Waals surface area contributed by atoms with E-state index in [4.69, 9.17) is 20.9 Å². The highest BCUT2D eigenvalue weighted by Crippen LogP contribution is 2.38. The van der Waals surface area contributed by atoms with Crippen molar-refractivity contribution in [2.45, 2.75) is 20.0 Å². The molecule has 0 saturated heterocycles. The maximum atomic E-state index is 11.6. The molecule has 2 atom stereocenters. The van der Waals surface area contributed by atoms with E-state index in [1.54, 1.807) is 12.1 Å². The van der Waals surface area contributed by atoms with Crippen molar-refractivity contribution < 1.29 is 14.1 Å². The molecule has 0 spiro atoms. The van der Waals surface area contributed by atoms with Crippen molar-refractivity contribution in [1.82, 2.24) is 10.1 Å². The lowest BCUT2D eigenvalue weighted by Crippen LogP contribution is -2.07. The normalized spacial score (nSPS) is 20.7. The standard InChI is InChI=1S/C14H13ClN2O3/c1-8-5-11(8)14(18)19-7-12-16-13(17-20-12)9-3-2-4-10(15)6-9/h2-4,6,8,11H,5,7H2,1H3/t8-,11+/m0/s1. The van der Waals surface area contributed by atoms with Crippen LogP contribution in [0, 0.1) is 11.8 Å². The SMILES string of the molecule is C[C@H]1C[C@H]1C(=O)OCc1nc(-c2cccc(Cl)c2)no1. The van der Waals surface area contributed by atoms with Gasteiger partial charge in [0, 0.05) is 10.6 Å². The lowest BCUT2D eigenvalue weighted by atomic mass is 10.2. The van der Waals surface area contributed by atoms with Gasteiger partial charge in [0.05, 0.1) is 5.92 Å². The Kier molecular flexibility index (Phi) is 3.44. The van der Waals surface area contributed by atoms with Gasteiger partial charge in [-0.05, 0) is 24.5 Å². The molecule has 0 N–H and O–H groups in total.